The van der Waals surface area contributed by atoms with Crippen molar-refractivity contribution >= 4 is 22.7 Å². The molecular formula is C25H31N5O3. The Bertz CT molecular complexity index is 1190. The molecule has 8 heteroatoms. The average Bonchev–Trinajstić information content (AvgIpc) is 3.19. The summed E-state index contributed by atoms with van der Waals surface area (Å²) in [6.07, 6.45) is 5.84. The number of rotatable bonds is 4. The van der Waals surface area contributed by atoms with Crippen molar-refractivity contribution in [2.24, 2.45) is 0 Å². The van der Waals surface area contributed by atoms with Crippen molar-refractivity contribution in [3.05, 3.63) is 36.1 Å². The third kappa shape index (κ3) is 3.93. The molecule has 4 heterocycles. The molecule has 2 fully saturated rings. The lowest BCUT2D eigenvalue weighted by molar-refractivity contribution is 0.0784. The van der Waals surface area contributed by atoms with E-state index in [9.17, 15) is 9.90 Å². The summed E-state index contributed by atoms with van der Waals surface area (Å²) in [7, 11) is 3.64. The van der Waals surface area contributed by atoms with E-state index >= 15 is 0 Å². The van der Waals surface area contributed by atoms with Crippen LogP contribution in [-0.2, 0) is 0 Å². The number of anilines is 1. The van der Waals surface area contributed by atoms with Crippen LogP contribution < -0.4 is 15.5 Å². The molecule has 0 saturated carbocycles. The summed E-state index contributed by atoms with van der Waals surface area (Å²) in [5, 5.41) is 26.6. The summed E-state index contributed by atoms with van der Waals surface area (Å²) in [6, 6.07) is 9.16. The molecule has 2 aliphatic heterocycles. The third-order valence-corrected chi connectivity index (χ3v) is 7.35. The van der Waals surface area contributed by atoms with Crippen molar-refractivity contribution in [2.45, 2.75) is 63.1 Å². The monoisotopic (exact) mass is 449 g/mol. The summed E-state index contributed by atoms with van der Waals surface area (Å²) < 4.78 is 5.54. The lowest BCUT2D eigenvalue weighted by atomic mass is 9.69. The molecule has 0 spiro atoms. The van der Waals surface area contributed by atoms with Crippen molar-refractivity contribution < 1.29 is 14.3 Å². The Morgan fingerprint density at radius 1 is 1.18 bits per heavy atom. The van der Waals surface area contributed by atoms with Crippen molar-refractivity contribution in [2.75, 3.05) is 19.0 Å². The van der Waals surface area contributed by atoms with E-state index < -0.39 is 0 Å². The highest BCUT2D eigenvalue weighted by Crippen LogP contribution is 2.42. The minimum absolute atomic E-state index is 0.0303. The van der Waals surface area contributed by atoms with Gasteiger partial charge in [-0.3, -0.25) is 4.79 Å². The number of phenolic OH excluding ortho intramolecular Hbond substituents is 1. The van der Waals surface area contributed by atoms with Gasteiger partial charge in [-0.1, -0.05) is 0 Å². The molecule has 0 radical (unpaired) electrons. The Morgan fingerprint density at radius 3 is 2.55 bits per heavy atom. The summed E-state index contributed by atoms with van der Waals surface area (Å²) in [6.45, 7) is 4.67. The maximum Gasteiger partial charge on any atom is 0.286 e. The molecule has 0 aliphatic carbocycles. The molecule has 1 aromatic carbocycles. The molecule has 1 amide bonds. The Kier molecular flexibility index (Phi) is 5.08. The van der Waals surface area contributed by atoms with Gasteiger partial charge in [0.2, 0.25) is 0 Å². The van der Waals surface area contributed by atoms with Crippen LogP contribution in [0.1, 0.15) is 56.5 Å². The zero-order valence-electron chi connectivity index (χ0n) is 19.6. The number of hydrogen-bond acceptors (Lipinski definition) is 7. The average molecular weight is 450 g/mol. The van der Waals surface area contributed by atoms with Crippen LogP contribution in [-0.4, -0.2) is 52.4 Å². The lowest BCUT2D eigenvalue weighted by Gasteiger charge is -2.55. The highest BCUT2D eigenvalue weighted by atomic mass is 16.3. The number of piperidine rings is 2. The van der Waals surface area contributed by atoms with Crippen molar-refractivity contribution in [1.82, 2.24) is 20.8 Å². The Labute approximate surface area is 193 Å². The van der Waals surface area contributed by atoms with Gasteiger partial charge in [0.25, 0.3) is 5.91 Å². The first-order valence-corrected chi connectivity index (χ1v) is 11.5. The summed E-state index contributed by atoms with van der Waals surface area (Å²) in [5.74, 6) is 0.731. The summed E-state index contributed by atoms with van der Waals surface area (Å²) in [4.78, 5) is 14.1. The smallest absolute Gasteiger partial charge is 0.286 e. The fourth-order valence-corrected chi connectivity index (χ4v) is 5.78. The maximum atomic E-state index is 11.9. The molecule has 8 nitrogen and oxygen atoms in total. The summed E-state index contributed by atoms with van der Waals surface area (Å²) >= 11 is 0. The van der Waals surface area contributed by atoms with Gasteiger partial charge in [0.15, 0.2) is 11.6 Å². The molecule has 174 valence electrons. The predicted molar refractivity (Wildman–Crippen MR) is 128 cm³/mol. The fraction of sp³-hybridized carbons (Fsp3) is 0.480. The first kappa shape index (κ1) is 21.7. The van der Waals surface area contributed by atoms with E-state index in [4.69, 9.17) is 4.42 Å². The van der Waals surface area contributed by atoms with E-state index in [0.717, 1.165) is 18.7 Å². The molecule has 0 unspecified atom stereocenters. The number of benzene rings is 1. The number of aromatic nitrogens is 2. The van der Waals surface area contributed by atoms with Crippen LogP contribution in [0.4, 0.5) is 5.82 Å². The number of phenols is 1. The first-order valence-electron chi connectivity index (χ1n) is 11.5. The van der Waals surface area contributed by atoms with Crippen molar-refractivity contribution in [3.63, 3.8) is 0 Å². The molecule has 2 aromatic heterocycles. The Hall–Kier alpha value is -3.13. The number of carbonyl (C=O) groups is 1. The van der Waals surface area contributed by atoms with Crippen LogP contribution in [0.25, 0.3) is 22.2 Å². The van der Waals surface area contributed by atoms with E-state index in [1.54, 1.807) is 19.2 Å². The van der Waals surface area contributed by atoms with Crippen LogP contribution in [0.3, 0.4) is 0 Å². The van der Waals surface area contributed by atoms with Gasteiger partial charge in [-0.15, -0.1) is 10.2 Å². The van der Waals surface area contributed by atoms with Crippen LogP contribution in [0.5, 0.6) is 5.75 Å². The molecule has 3 aromatic rings. The molecular weight excluding hydrogens is 418 g/mol. The molecule has 3 N–H and O–H groups in total. The number of hydrogen-bond donors (Lipinski definition) is 3. The van der Waals surface area contributed by atoms with Gasteiger partial charge in [-0.25, -0.2) is 0 Å². The predicted octanol–water partition coefficient (Wildman–Crippen LogP) is 3.84. The normalized spacial score (nSPS) is 26.8. The largest absolute Gasteiger partial charge is 0.507 e. The number of nitrogens with one attached hydrogen (secondary N) is 2. The van der Waals surface area contributed by atoms with Crippen LogP contribution in [0.2, 0.25) is 0 Å². The molecule has 2 aliphatic rings. The number of furan rings is 1. The lowest BCUT2D eigenvalue weighted by Crippen LogP contribution is -2.66. The minimum atomic E-state index is -0.316. The zero-order chi connectivity index (χ0) is 23.4. The van der Waals surface area contributed by atoms with E-state index in [2.05, 4.69) is 46.6 Å². The Balaban J connectivity index is 1.40. The van der Waals surface area contributed by atoms with Gasteiger partial charge in [0.1, 0.15) is 11.3 Å². The van der Waals surface area contributed by atoms with E-state index in [0.29, 0.717) is 28.3 Å². The third-order valence-electron chi connectivity index (χ3n) is 7.35. The van der Waals surface area contributed by atoms with Gasteiger partial charge >= 0.3 is 0 Å². The van der Waals surface area contributed by atoms with E-state index in [1.807, 2.05) is 12.1 Å². The van der Waals surface area contributed by atoms with Crippen molar-refractivity contribution in [3.8, 4) is 17.0 Å². The van der Waals surface area contributed by atoms with E-state index in [1.165, 1.54) is 25.3 Å². The van der Waals surface area contributed by atoms with Gasteiger partial charge in [-0.2, -0.15) is 0 Å². The number of amides is 1. The molecule has 3 atom stereocenters. The van der Waals surface area contributed by atoms with Crippen LogP contribution in [0.15, 0.2) is 34.7 Å². The fourth-order valence-electron chi connectivity index (χ4n) is 5.78. The van der Waals surface area contributed by atoms with Crippen LogP contribution >= 0.6 is 0 Å². The molecule has 2 bridgehead atoms. The van der Waals surface area contributed by atoms with Crippen LogP contribution in [0, 0.1) is 0 Å². The van der Waals surface area contributed by atoms with Crippen molar-refractivity contribution in [1.29, 1.82) is 0 Å². The number of carbonyl (C=O) groups excluding carboxylic acids is 1. The second-order valence-electron chi connectivity index (χ2n) is 10.1. The maximum absolute atomic E-state index is 11.9. The number of fused-ring (bicyclic) bond motifs is 3. The zero-order valence-corrected chi connectivity index (χ0v) is 19.6. The summed E-state index contributed by atoms with van der Waals surface area (Å²) in [5.41, 5.74) is 1.88. The second kappa shape index (κ2) is 7.73. The number of aromatic hydroxyl groups is 1. The molecule has 33 heavy (non-hydrogen) atoms. The van der Waals surface area contributed by atoms with Gasteiger partial charge < -0.3 is 25.1 Å². The van der Waals surface area contributed by atoms with Gasteiger partial charge in [0, 0.05) is 48.2 Å². The Morgan fingerprint density at radius 2 is 1.91 bits per heavy atom. The quantitative estimate of drug-likeness (QED) is 0.556. The highest BCUT2D eigenvalue weighted by molar-refractivity contribution is 5.97. The van der Waals surface area contributed by atoms with E-state index in [-0.39, 0.29) is 28.5 Å². The van der Waals surface area contributed by atoms with Gasteiger partial charge in [-0.05, 0) is 70.2 Å². The van der Waals surface area contributed by atoms with Gasteiger partial charge in [0.05, 0.1) is 5.69 Å². The highest BCUT2D eigenvalue weighted by Gasteiger charge is 2.46. The first-order chi connectivity index (χ1) is 15.7. The topological polar surface area (TPSA) is 104 Å². The standard InChI is InChI=1S/C25H31N5O3/c1-24-8-5-9-25(2,29-24)14-16(13-24)30(4)22-7-6-18(27-28-22)17-10-15-11-21(23(32)26-3)33-20(15)12-19(17)31/h6-7,10-12,16,29,31H,5,8-9,13-14H2,1-4H3,(H,26,32)/t16-,24+,25-. The number of nitrogens with zero attached hydrogens (tertiary/aromatic N) is 3. The molecule has 2 saturated heterocycles. The minimum Gasteiger partial charge on any atom is -0.507 e. The second-order valence-corrected chi connectivity index (χ2v) is 10.1. The molecule has 5 rings (SSSR count). The SMILES string of the molecule is CNC(=O)c1cc2cc(-c3ccc(N(C)[C@@H]4C[C@]5(C)CCC[C@](C)(C4)N5)nn3)c(O)cc2o1.